The SMILES string of the molecule is COC(=O)CCC1=C(C)C2=CC3=NC(=C(C)/C3=C(\C)O)C=C3C=C(C)C(=N3)C=C3NC(=CC1=N2)[C@]1(CCC(=O)O1)[C@]3(C)O. The van der Waals surface area contributed by atoms with E-state index in [0.717, 1.165) is 22.3 Å². The molecule has 6 aliphatic rings. The molecule has 2 saturated heterocycles. The summed E-state index contributed by atoms with van der Waals surface area (Å²) in [4.78, 5) is 39.3. The molecule has 0 aromatic heterocycles. The van der Waals surface area contributed by atoms with Gasteiger partial charge in [0.1, 0.15) is 5.60 Å². The van der Waals surface area contributed by atoms with Crippen LogP contribution in [0.4, 0.5) is 0 Å². The van der Waals surface area contributed by atoms with E-state index >= 15 is 0 Å². The minimum atomic E-state index is -1.58. The Labute approximate surface area is 249 Å². The summed E-state index contributed by atoms with van der Waals surface area (Å²) < 4.78 is 10.8. The Morgan fingerprint density at radius 3 is 2.44 bits per heavy atom. The van der Waals surface area contributed by atoms with Crippen molar-refractivity contribution in [3.63, 3.8) is 0 Å². The number of ether oxygens (including phenoxy) is 2. The van der Waals surface area contributed by atoms with Crippen molar-refractivity contribution in [3.05, 3.63) is 92.5 Å². The lowest BCUT2D eigenvalue weighted by Crippen LogP contribution is -2.49. The van der Waals surface area contributed by atoms with Crippen molar-refractivity contribution < 1.29 is 29.3 Å². The molecule has 43 heavy (non-hydrogen) atoms. The number of carbonyl (C=O) groups excluding carboxylic acids is 2. The number of aliphatic hydroxyl groups is 2. The average Bonchev–Trinajstić information content (AvgIpc) is 3.70. The number of hydrogen-bond acceptors (Lipinski definition) is 10. The fourth-order valence-corrected chi connectivity index (χ4v) is 6.43. The van der Waals surface area contributed by atoms with E-state index in [1.807, 2.05) is 39.0 Å². The molecule has 6 aliphatic heterocycles. The molecule has 0 unspecified atom stereocenters. The summed E-state index contributed by atoms with van der Waals surface area (Å²) in [5, 5.41) is 26.0. The Morgan fingerprint density at radius 1 is 1.02 bits per heavy atom. The third-order valence-corrected chi connectivity index (χ3v) is 8.93. The molecule has 10 heteroatoms. The minimum absolute atomic E-state index is 0.136. The van der Waals surface area contributed by atoms with E-state index in [2.05, 4.69) is 5.32 Å². The first-order valence-corrected chi connectivity index (χ1v) is 14.3. The third kappa shape index (κ3) is 4.48. The largest absolute Gasteiger partial charge is 0.512 e. The molecule has 6 heterocycles. The summed E-state index contributed by atoms with van der Waals surface area (Å²) in [6, 6.07) is 0. The van der Waals surface area contributed by atoms with Gasteiger partial charge in [-0.25, -0.2) is 15.0 Å². The van der Waals surface area contributed by atoms with Crippen molar-refractivity contribution in [2.75, 3.05) is 7.11 Å². The van der Waals surface area contributed by atoms with E-state index < -0.39 is 17.2 Å². The van der Waals surface area contributed by atoms with Crippen LogP contribution in [0.3, 0.4) is 0 Å². The van der Waals surface area contributed by atoms with Crippen LogP contribution in [0, 0.1) is 0 Å². The van der Waals surface area contributed by atoms with Crippen molar-refractivity contribution >= 4 is 29.1 Å². The quantitative estimate of drug-likeness (QED) is 0.325. The van der Waals surface area contributed by atoms with E-state index in [0.29, 0.717) is 57.6 Å². The van der Waals surface area contributed by atoms with E-state index in [9.17, 15) is 19.8 Å². The first kappa shape index (κ1) is 28.5. The molecular weight excluding hydrogens is 548 g/mol. The van der Waals surface area contributed by atoms with Crippen molar-refractivity contribution in [1.29, 1.82) is 0 Å². The fraction of sp³-hybridized carbons (Fsp3) is 0.364. The van der Waals surface area contributed by atoms with Crippen LogP contribution in [0.2, 0.25) is 0 Å². The summed E-state index contributed by atoms with van der Waals surface area (Å²) in [5.74, 6) is -0.617. The van der Waals surface area contributed by atoms with Crippen molar-refractivity contribution in [2.45, 2.75) is 71.5 Å². The van der Waals surface area contributed by atoms with Gasteiger partial charge in [0.25, 0.3) is 0 Å². The lowest BCUT2D eigenvalue weighted by atomic mass is 9.80. The third-order valence-electron chi connectivity index (χ3n) is 8.93. The number of carbonyl (C=O) groups is 2. The molecule has 2 atom stereocenters. The molecule has 1 spiro atoms. The monoisotopic (exact) mass is 582 g/mol. The van der Waals surface area contributed by atoms with E-state index in [1.165, 1.54) is 7.11 Å². The minimum Gasteiger partial charge on any atom is -0.512 e. The van der Waals surface area contributed by atoms with Crippen molar-refractivity contribution in [1.82, 2.24) is 5.32 Å². The summed E-state index contributed by atoms with van der Waals surface area (Å²) in [6.07, 6.45) is 10.1. The van der Waals surface area contributed by atoms with Gasteiger partial charge >= 0.3 is 11.9 Å². The smallest absolute Gasteiger partial charge is 0.307 e. The van der Waals surface area contributed by atoms with Gasteiger partial charge in [-0.1, -0.05) is 0 Å². The highest BCUT2D eigenvalue weighted by Crippen LogP contribution is 2.50. The molecule has 6 rings (SSSR count). The Bertz CT molecular complexity index is 1750. The molecule has 8 bridgehead atoms. The normalized spacial score (nSPS) is 29.0. The van der Waals surface area contributed by atoms with Gasteiger partial charge < -0.3 is 25.0 Å². The number of esters is 2. The topological polar surface area (TPSA) is 142 Å². The number of nitrogens with zero attached hydrogens (tertiary/aromatic N) is 3. The lowest BCUT2D eigenvalue weighted by molar-refractivity contribution is -0.158. The number of hydrogen-bond donors (Lipinski definition) is 3. The number of nitrogens with one attached hydrogen (secondary N) is 1. The molecular formula is C33H34N4O6. The van der Waals surface area contributed by atoms with Crippen LogP contribution in [0.15, 0.2) is 107 Å². The summed E-state index contributed by atoms with van der Waals surface area (Å²) in [6.45, 7) is 9.03. The van der Waals surface area contributed by atoms with Crippen LogP contribution in [0.1, 0.15) is 60.3 Å². The maximum atomic E-state index is 12.5. The maximum absolute atomic E-state index is 12.5. The van der Waals surface area contributed by atoms with E-state index in [4.69, 9.17) is 24.5 Å². The number of aliphatic hydroxyl groups excluding tert-OH is 1. The van der Waals surface area contributed by atoms with Crippen LogP contribution in [0.25, 0.3) is 0 Å². The van der Waals surface area contributed by atoms with Crippen LogP contribution in [-0.2, 0) is 19.1 Å². The van der Waals surface area contributed by atoms with Crippen molar-refractivity contribution in [2.24, 2.45) is 15.0 Å². The second-order valence-electron chi connectivity index (χ2n) is 11.7. The van der Waals surface area contributed by atoms with Crippen LogP contribution in [-0.4, -0.2) is 57.6 Å². The summed E-state index contributed by atoms with van der Waals surface area (Å²) in [7, 11) is 1.35. The standard InChI is InChI=1S/C33H34N4O6/c1-16-11-20-12-23-18(3)31(19(4)38)26(36-23)13-24-17(2)21(7-8-29(39)42-6)25(35-24)15-28-33(10-9-30(40)43-33)32(5,41)27(37-28)14-22(16)34-20/h11-15,37-38,41H,7-10H2,1-6H3/b20-12?,24-13?,27-14?,28-15?,31-19-/t32-,33-/m1/s1. The molecule has 0 aromatic rings. The van der Waals surface area contributed by atoms with Crippen LogP contribution < -0.4 is 5.32 Å². The van der Waals surface area contributed by atoms with Gasteiger partial charge in [0, 0.05) is 24.8 Å². The summed E-state index contributed by atoms with van der Waals surface area (Å²) in [5.41, 5.74) is 5.68. The highest BCUT2D eigenvalue weighted by molar-refractivity contribution is 6.18. The van der Waals surface area contributed by atoms with Gasteiger partial charge in [-0.05, 0) is 93.7 Å². The molecule has 0 saturated carbocycles. The average molecular weight is 583 g/mol. The number of methoxy groups -OCH3 is 1. The van der Waals surface area contributed by atoms with Gasteiger partial charge in [-0.2, -0.15) is 0 Å². The molecule has 0 amide bonds. The van der Waals surface area contributed by atoms with E-state index in [1.54, 1.807) is 26.0 Å². The van der Waals surface area contributed by atoms with Gasteiger partial charge in [-0.15, -0.1) is 0 Å². The molecule has 0 aliphatic carbocycles. The van der Waals surface area contributed by atoms with Gasteiger partial charge in [0.2, 0.25) is 0 Å². The second kappa shape index (κ2) is 10.0. The zero-order valence-electron chi connectivity index (χ0n) is 25.1. The fourth-order valence-electron chi connectivity index (χ4n) is 6.43. The second-order valence-corrected chi connectivity index (χ2v) is 11.7. The number of allylic oxidation sites excluding steroid dienone is 11. The zero-order valence-corrected chi connectivity index (χ0v) is 25.1. The molecule has 0 radical (unpaired) electrons. The number of rotatable bonds is 3. The number of fused-ring (bicyclic) bond motifs is 6. The molecule has 10 nitrogen and oxygen atoms in total. The van der Waals surface area contributed by atoms with Crippen LogP contribution in [0.5, 0.6) is 0 Å². The molecule has 0 aromatic carbocycles. The first-order valence-electron chi connectivity index (χ1n) is 14.3. The van der Waals surface area contributed by atoms with Gasteiger partial charge in [-0.3, -0.25) is 9.59 Å². The lowest BCUT2D eigenvalue weighted by Gasteiger charge is -2.34. The molecule has 2 fully saturated rings. The van der Waals surface area contributed by atoms with Gasteiger partial charge in [0.05, 0.1) is 58.5 Å². The van der Waals surface area contributed by atoms with Gasteiger partial charge in [0.15, 0.2) is 5.60 Å². The Morgan fingerprint density at radius 2 is 1.77 bits per heavy atom. The number of aliphatic imine (C=N–C) groups is 3. The van der Waals surface area contributed by atoms with Crippen LogP contribution >= 0.6 is 0 Å². The first-order chi connectivity index (χ1) is 20.3. The van der Waals surface area contributed by atoms with E-state index in [-0.39, 0.29) is 31.0 Å². The highest BCUT2D eigenvalue weighted by Gasteiger charge is 2.63. The Kier molecular flexibility index (Phi) is 6.65. The molecule has 222 valence electrons. The Hall–Kier alpha value is -4.57. The summed E-state index contributed by atoms with van der Waals surface area (Å²) >= 11 is 0. The van der Waals surface area contributed by atoms with Crippen molar-refractivity contribution in [3.8, 4) is 0 Å². The maximum Gasteiger partial charge on any atom is 0.307 e. The predicted octanol–water partition coefficient (Wildman–Crippen LogP) is 4.65. The highest BCUT2D eigenvalue weighted by atomic mass is 16.6. The Balaban J connectivity index is 1.61. The molecule has 3 N–H and O–H groups in total. The predicted molar refractivity (Wildman–Crippen MR) is 162 cm³/mol. The zero-order chi connectivity index (χ0) is 30.8.